The van der Waals surface area contributed by atoms with E-state index in [0.717, 1.165) is 4.47 Å². The number of carbonyl (C=O) groups is 2. The maximum Gasteiger partial charge on any atom is 0.251 e. The molecule has 0 aliphatic carbocycles. The lowest BCUT2D eigenvalue weighted by Crippen LogP contribution is -2.40. The third-order valence-electron chi connectivity index (χ3n) is 2.91. The molecule has 1 aliphatic heterocycles. The Morgan fingerprint density at radius 2 is 2.28 bits per heavy atom. The highest BCUT2D eigenvalue weighted by molar-refractivity contribution is 9.10. The summed E-state index contributed by atoms with van der Waals surface area (Å²) >= 11 is 9.18. The molecule has 1 heterocycles. The van der Waals surface area contributed by atoms with Crippen molar-refractivity contribution in [3.63, 3.8) is 0 Å². The highest BCUT2D eigenvalue weighted by atomic mass is 79.9. The van der Waals surface area contributed by atoms with Crippen LogP contribution in [0.1, 0.15) is 16.8 Å². The zero-order chi connectivity index (χ0) is 13.3. The van der Waals surface area contributed by atoms with Crippen LogP contribution in [0, 0.1) is 0 Å². The Balaban J connectivity index is 2.08. The van der Waals surface area contributed by atoms with Gasteiger partial charge < -0.3 is 10.2 Å². The maximum atomic E-state index is 12.0. The number of carbonyl (C=O) groups excluding carboxylic acids is 2. The van der Waals surface area contributed by atoms with Gasteiger partial charge in [0.15, 0.2) is 0 Å². The topological polar surface area (TPSA) is 49.4 Å². The molecule has 96 valence electrons. The van der Waals surface area contributed by atoms with Crippen LogP contribution in [0.4, 0.5) is 0 Å². The molecule has 6 heteroatoms. The highest BCUT2D eigenvalue weighted by Crippen LogP contribution is 2.23. The summed E-state index contributed by atoms with van der Waals surface area (Å²) in [5.74, 6) is -0.329. The fourth-order valence-electron chi connectivity index (χ4n) is 1.84. The molecule has 18 heavy (non-hydrogen) atoms. The molecule has 0 bridgehead atoms. The summed E-state index contributed by atoms with van der Waals surface area (Å²) in [4.78, 5) is 25.2. The van der Waals surface area contributed by atoms with Crippen LogP contribution in [0.5, 0.6) is 0 Å². The number of likely N-dealkylation sites (N-methyl/N-ethyl adjacent to an activating group) is 1. The molecule has 1 atom stereocenters. The van der Waals surface area contributed by atoms with E-state index < -0.39 is 6.04 Å². The number of hydrogen-bond donors (Lipinski definition) is 1. The van der Waals surface area contributed by atoms with Crippen molar-refractivity contribution in [1.29, 1.82) is 0 Å². The molecule has 1 aromatic carbocycles. The van der Waals surface area contributed by atoms with Gasteiger partial charge in [-0.3, -0.25) is 9.59 Å². The van der Waals surface area contributed by atoms with Gasteiger partial charge in [0.05, 0.1) is 5.02 Å². The van der Waals surface area contributed by atoms with E-state index >= 15 is 0 Å². The number of rotatable bonds is 2. The summed E-state index contributed by atoms with van der Waals surface area (Å²) < 4.78 is 0.734. The first-order valence-electron chi connectivity index (χ1n) is 5.50. The molecule has 1 aromatic rings. The lowest BCUT2D eigenvalue weighted by Gasteiger charge is -2.12. The molecule has 1 unspecified atom stereocenters. The van der Waals surface area contributed by atoms with Gasteiger partial charge in [0, 0.05) is 23.6 Å². The largest absolute Gasteiger partial charge is 0.344 e. The standard InChI is InChI=1S/C12H12BrClN2O2/c1-16-5-4-10(12(16)18)15-11(17)7-2-3-8(13)9(14)6-7/h2-3,6,10H,4-5H2,1H3,(H,15,17). The van der Waals surface area contributed by atoms with E-state index in [4.69, 9.17) is 11.6 Å². The van der Waals surface area contributed by atoms with Gasteiger partial charge >= 0.3 is 0 Å². The molecule has 0 radical (unpaired) electrons. The quantitative estimate of drug-likeness (QED) is 0.902. The number of nitrogens with one attached hydrogen (secondary N) is 1. The fraction of sp³-hybridized carbons (Fsp3) is 0.333. The highest BCUT2D eigenvalue weighted by Gasteiger charge is 2.30. The summed E-state index contributed by atoms with van der Waals surface area (Å²) in [6.07, 6.45) is 0.644. The fourth-order valence-corrected chi connectivity index (χ4v) is 2.26. The molecule has 1 fully saturated rings. The monoisotopic (exact) mass is 330 g/mol. The Morgan fingerprint density at radius 3 is 2.83 bits per heavy atom. The first kappa shape index (κ1) is 13.4. The number of hydrogen-bond acceptors (Lipinski definition) is 2. The molecular formula is C12H12BrClN2O2. The number of halogens is 2. The van der Waals surface area contributed by atoms with Crippen molar-refractivity contribution >= 4 is 39.3 Å². The van der Waals surface area contributed by atoms with Crippen molar-refractivity contribution in [1.82, 2.24) is 10.2 Å². The van der Waals surface area contributed by atoms with Crippen molar-refractivity contribution in [3.05, 3.63) is 33.3 Å². The second kappa shape index (κ2) is 5.28. The summed E-state index contributed by atoms with van der Waals surface area (Å²) in [7, 11) is 1.73. The van der Waals surface area contributed by atoms with Crippen molar-refractivity contribution in [2.24, 2.45) is 0 Å². The Labute approximate surface area is 118 Å². The third kappa shape index (κ3) is 2.67. The summed E-state index contributed by atoms with van der Waals surface area (Å²) in [5, 5.41) is 3.19. The van der Waals surface area contributed by atoms with Gasteiger partial charge in [-0.05, 0) is 40.5 Å². The smallest absolute Gasteiger partial charge is 0.251 e. The first-order valence-corrected chi connectivity index (χ1v) is 6.67. The zero-order valence-corrected chi connectivity index (χ0v) is 12.1. The molecule has 1 aliphatic rings. The third-order valence-corrected chi connectivity index (χ3v) is 4.15. The van der Waals surface area contributed by atoms with Crippen LogP contribution in [0.15, 0.2) is 22.7 Å². The van der Waals surface area contributed by atoms with Crippen LogP contribution in [-0.4, -0.2) is 36.3 Å². The minimum Gasteiger partial charge on any atom is -0.344 e. The van der Waals surface area contributed by atoms with Crippen molar-refractivity contribution < 1.29 is 9.59 Å². The molecule has 0 saturated carbocycles. The van der Waals surface area contributed by atoms with E-state index in [1.807, 2.05) is 0 Å². The normalized spacial score (nSPS) is 19.2. The summed E-state index contributed by atoms with van der Waals surface area (Å²) in [5.41, 5.74) is 0.450. The van der Waals surface area contributed by atoms with Crippen LogP contribution in [0.25, 0.3) is 0 Å². The summed E-state index contributed by atoms with van der Waals surface area (Å²) in [6.45, 7) is 0.672. The predicted octanol–water partition coefficient (Wildman–Crippen LogP) is 2.06. The minimum atomic E-state index is -0.426. The van der Waals surface area contributed by atoms with Gasteiger partial charge in [0.1, 0.15) is 6.04 Å². The first-order chi connectivity index (χ1) is 8.49. The second-order valence-electron chi connectivity index (χ2n) is 4.20. The molecule has 2 amide bonds. The Kier molecular flexibility index (Phi) is 3.92. The number of nitrogens with zero attached hydrogens (tertiary/aromatic N) is 1. The number of benzene rings is 1. The minimum absolute atomic E-state index is 0.0495. The molecule has 4 nitrogen and oxygen atoms in total. The lowest BCUT2D eigenvalue weighted by molar-refractivity contribution is -0.128. The Hall–Kier alpha value is -1.07. The van der Waals surface area contributed by atoms with E-state index in [1.165, 1.54) is 0 Å². The molecule has 0 spiro atoms. The number of likely N-dealkylation sites (tertiary alicyclic amines) is 1. The van der Waals surface area contributed by atoms with E-state index in [0.29, 0.717) is 23.6 Å². The van der Waals surface area contributed by atoms with Crippen molar-refractivity contribution in [2.45, 2.75) is 12.5 Å². The van der Waals surface area contributed by atoms with Gasteiger partial charge in [-0.2, -0.15) is 0 Å². The molecule has 1 saturated heterocycles. The van der Waals surface area contributed by atoms with Crippen LogP contribution in [0.2, 0.25) is 5.02 Å². The molecule has 0 aromatic heterocycles. The Morgan fingerprint density at radius 1 is 1.56 bits per heavy atom. The zero-order valence-electron chi connectivity index (χ0n) is 9.74. The average Bonchev–Trinajstić information content (AvgIpc) is 2.64. The van der Waals surface area contributed by atoms with E-state index in [9.17, 15) is 9.59 Å². The van der Waals surface area contributed by atoms with E-state index in [2.05, 4.69) is 21.2 Å². The van der Waals surface area contributed by atoms with Gasteiger partial charge in [0.25, 0.3) is 5.91 Å². The number of amides is 2. The van der Waals surface area contributed by atoms with Crippen LogP contribution in [-0.2, 0) is 4.79 Å². The molecule has 2 rings (SSSR count). The van der Waals surface area contributed by atoms with Crippen molar-refractivity contribution in [3.8, 4) is 0 Å². The second-order valence-corrected chi connectivity index (χ2v) is 5.46. The average molecular weight is 332 g/mol. The van der Waals surface area contributed by atoms with Crippen LogP contribution < -0.4 is 5.32 Å². The van der Waals surface area contributed by atoms with E-state index in [-0.39, 0.29) is 11.8 Å². The van der Waals surface area contributed by atoms with Gasteiger partial charge in [0.2, 0.25) is 5.91 Å². The molecule has 1 N–H and O–H groups in total. The van der Waals surface area contributed by atoms with Gasteiger partial charge in [-0.15, -0.1) is 0 Å². The Bertz CT molecular complexity index is 507. The van der Waals surface area contributed by atoms with Gasteiger partial charge in [-0.1, -0.05) is 11.6 Å². The van der Waals surface area contributed by atoms with Gasteiger partial charge in [-0.25, -0.2) is 0 Å². The van der Waals surface area contributed by atoms with E-state index in [1.54, 1.807) is 30.1 Å². The van der Waals surface area contributed by atoms with Crippen LogP contribution >= 0.6 is 27.5 Å². The van der Waals surface area contributed by atoms with Crippen molar-refractivity contribution in [2.75, 3.05) is 13.6 Å². The lowest BCUT2D eigenvalue weighted by atomic mass is 10.2. The SMILES string of the molecule is CN1CCC(NC(=O)c2ccc(Br)c(Cl)c2)C1=O. The van der Waals surface area contributed by atoms with Crippen LogP contribution in [0.3, 0.4) is 0 Å². The molecular weight excluding hydrogens is 320 g/mol. The summed E-state index contributed by atoms with van der Waals surface area (Å²) in [6, 6.07) is 4.52. The maximum absolute atomic E-state index is 12.0. The predicted molar refractivity (Wildman–Crippen MR) is 72.7 cm³/mol.